The normalized spacial score (nSPS) is 19.0. The second kappa shape index (κ2) is 9.00. The molecule has 2 aromatic carbocycles. The molecule has 1 aliphatic heterocycles. The Morgan fingerprint density at radius 2 is 1.87 bits per heavy atom. The molecular weight excluding hydrogens is 400 g/mol. The number of aryl methyl sites for hydroxylation is 1. The average Bonchev–Trinajstić information content (AvgIpc) is 2.71. The Balaban J connectivity index is 1.96. The van der Waals surface area contributed by atoms with Gasteiger partial charge in [-0.3, -0.25) is 4.79 Å². The van der Waals surface area contributed by atoms with Crippen molar-refractivity contribution in [3.05, 3.63) is 65.2 Å². The highest BCUT2D eigenvalue weighted by Crippen LogP contribution is 2.33. The second-order valence-corrected chi connectivity index (χ2v) is 10.1. The minimum atomic E-state index is -3.28. The SMILES string of the molecule is Cc1ccccc1[C@H](CC(=NO)C1CCC(=O)N(C)C1)c1ccc(S(C)(=O)=O)cc1. The molecule has 1 aliphatic rings. The van der Waals surface area contributed by atoms with E-state index < -0.39 is 9.84 Å². The first-order valence-electron chi connectivity index (χ1n) is 10.0. The zero-order valence-electron chi connectivity index (χ0n) is 17.6. The monoisotopic (exact) mass is 428 g/mol. The Kier molecular flexibility index (Phi) is 6.61. The molecular formula is C23H28N2O4S. The van der Waals surface area contributed by atoms with Gasteiger partial charge >= 0.3 is 0 Å². The van der Waals surface area contributed by atoms with Crippen LogP contribution in [0.4, 0.5) is 0 Å². The van der Waals surface area contributed by atoms with Crippen molar-refractivity contribution < 1.29 is 18.4 Å². The molecule has 0 aromatic heterocycles. The van der Waals surface area contributed by atoms with Crippen LogP contribution in [0.2, 0.25) is 0 Å². The number of rotatable bonds is 6. The summed E-state index contributed by atoms with van der Waals surface area (Å²) in [6, 6.07) is 15.0. The van der Waals surface area contributed by atoms with E-state index in [1.54, 1.807) is 24.1 Å². The summed E-state index contributed by atoms with van der Waals surface area (Å²) in [4.78, 5) is 13.8. The minimum Gasteiger partial charge on any atom is -0.411 e. The predicted molar refractivity (Wildman–Crippen MR) is 117 cm³/mol. The fourth-order valence-electron chi connectivity index (χ4n) is 4.11. The molecule has 30 heavy (non-hydrogen) atoms. The number of piperidine rings is 1. The van der Waals surface area contributed by atoms with E-state index in [1.807, 2.05) is 37.3 Å². The highest BCUT2D eigenvalue weighted by atomic mass is 32.2. The summed E-state index contributed by atoms with van der Waals surface area (Å²) in [5, 5.41) is 13.4. The lowest BCUT2D eigenvalue weighted by Gasteiger charge is -2.31. The molecule has 0 spiro atoms. The molecule has 3 rings (SSSR count). The van der Waals surface area contributed by atoms with Crippen molar-refractivity contribution >= 4 is 21.5 Å². The van der Waals surface area contributed by atoms with Gasteiger partial charge in [-0.05, 0) is 42.2 Å². The van der Waals surface area contributed by atoms with Crippen LogP contribution in [0.3, 0.4) is 0 Å². The number of carbonyl (C=O) groups excluding carboxylic acids is 1. The van der Waals surface area contributed by atoms with Gasteiger partial charge in [0, 0.05) is 44.5 Å². The molecule has 1 heterocycles. The molecule has 1 unspecified atom stereocenters. The molecule has 0 bridgehead atoms. The van der Waals surface area contributed by atoms with Gasteiger partial charge in [0.2, 0.25) is 5.91 Å². The third-order valence-electron chi connectivity index (χ3n) is 5.91. The van der Waals surface area contributed by atoms with E-state index in [9.17, 15) is 18.4 Å². The highest BCUT2D eigenvalue weighted by molar-refractivity contribution is 7.90. The number of nitrogens with zero attached hydrogens (tertiary/aromatic N) is 2. The Labute approximate surface area is 178 Å². The van der Waals surface area contributed by atoms with Gasteiger partial charge in [0.05, 0.1) is 10.6 Å². The molecule has 1 N–H and O–H groups in total. The van der Waals surface area contributed by atoms with E-state index in [1.165, 1.54) is 6.26 Å². The zero-order valence-corrected chi connectivity index (χ0v) is 18.4. The number of amides is 1. The van der Waals surface area contributed by atoms with Crippen LogP contribution in [-0.2, 0) is 14.6 Å². The largest absolute Gasteiger partial charge is 0.411 e. The van der Waals surface area contributed by atoms with Crippen molar-refractivity contribution in [2.24, 2.45) is 11.1 Å². The van der Waals surface area contributed by atoms with Crippen LogP contribution in [0.25, 0.3) is 0 Å². The number of benzene rings is 2. The first kappa shape index (κ1) is 22.0. The lowest BCUT2D eigenvalue weighted by Crippen LogP contribution is -2.40. The molecule has 160 valence electrons. The van der Waals surface area contributed by atoms with Crippen molar-refractivity contribution in [3.63, 3.8) is 0 Å². The summed E-state index contributed by atoms with van der Waals surface area (Å²) in [6.07, 6.45) is 2.79. The Bertz CT molecular complexity index is 1050. The first-order chi connectivity index (χ1) is 14.2. The average molecular weight is 429 g/mol. The van der Waals surface area contributed by atoms with Crippen LogP contribution in [0.15, 0.2) is 58.6 Å². The van der Waals surface area contributed by atoms with Crippen LogP contribution in [0.5, 0.6) is 0 Å². The maximum absolute atomic E-state index is 11.8. The third kappa shape index (κ3) is 4.90. The molecule has 2 atom stereocenters. The fraction of sp³-hybridized carbons (Fsp3) is 0.391. The van der Waals surface area contributed by atoms with Crippen molar-refractivity contribution in [1.29, 1.82) is 0 Å². The van der Waals surface area contributed by atoms with Crippen LogP contribution in [-0.4, -0.2) is 50.0 Å². The number of carbonyl (C=O) groups is 1. The Hall–Kier alpha value is -2.67. The van der Waals surface area contributed by atoms with E-state index in [4.69, 9.17) is 0 Å². The third-order valence-corrected chi connectivity index (χ3v) is 7.04. The van der Waals surface area contributed by atoms with E-state index in [-0.39, 0.29) is 22.6 Å². The number of hydrogen-bond donors (Lipinski definition) is 1. The summed E-state index contributed by atoms with van der Waals surface area (Å²) in [7, 11) is -1.51. The van der Waals surface area contributed by atoms with Gasteiger partial charge in [-0.15, -0.1) is 0 Å². The van der Waals surface area contributed by atoms with E-state index in [0.29, 0.717) is 31.5 Å². The molecule has 1 saturated heterocycles. The maximum atomic E-state index is 11.8. The Morgan fingerprint density at radius 3 is 2.43 bits per heavy atom. The van der Waals surface area contributed by atoms with Gasteiger partial charge < -0.3 is 10.1 Å². The van der Waals surface area contributed by atoms with E-state index in [0.717, 1.165) is 16.7 Å². The first-order valence-corrected chi connectivity index (χ1v) is 11.9. The summed E-state index contributed by atoms with van der Waals surface area (Å²) >= 11 is 0. The molecule has 7 heteroatoms. The van der Waals surface area contributed by atoms with Crippen LogP contribution in [0.1, 0.15) is 41.9 Å². The molecule has 0 saturated carbocycles. The molecule has 0 radical (unpaired) electrons. The van der Waals surface area contributed by atoms with Crippen molar-refractivity contribution in [1.82, 2.24) is 4.90 Å². The van der Waals surface area contributed by atoms with Crippen LogP contribution < -0.4 is 0 Å². The van der Waals surface area contributed by atoms with Gasteiger partial charge in [0.1, 0.15) is 0 Å². The maximum Gasteiger partial charge on any atom is 0.222 e. The second-order valence-electron chi connectivity index (χ2n) is 8.06. The summed E-state index contributed by atoms with van der Waals surface area (Å²) in [6.45, 7) is 2.57. The quantitative estimate of drug-likeness (QED) is 0.432. The lowest BCUT2D eigenvalue weighted by atomic mass is 9.80. The van der Waals surface area contributed by atoms with Crippen molar-refractivity contribution in [2.45, 2.75) is 37.0 Å². The van der Waals surface area contributed by atoms with Gasteiger partial charge in [0.25, 0.3) is 0 Å². The summed E-state index contributed by atoms with van der Waals surface area (Å²) < 4.78 is 23.7. The topological polar surface area (TPSA) is 87.0 Å². The molecule has 6 nitrogen and oxygen atoms in total. The molecule has 1 amide bonds. The number of hydrogen-bond acceptors (Lipinski definition) is 5. The van der Waals surface area contributed by atoms with Crippen LogP contribution >= 0.6 is 0 Å². The zero-order chi connectivity index (χ0) is 21.9. The van der Waals surface area contributed by atoms with Crippen molar-refractivity contribution in [2.75, 3.05) is 19.8 Å². The predicted octanol–water partition coefficient (Wildman–Crippen LogP) is 3.62. The molecule has 0 aliphatic carbocycles. The molecule has 2 aromatic rings. The standard InChI is InChI=1S/C23H28N2O4S/c1-16-6-4-5-7-20(16)21(17-8-11-19(12-9-17)30(3,28)29)14-22(24-27)18-10-13-23(26)25(2)15-18/h4-9,11-12,18,21,27H,10,13-15H2,1-3H3/t18?,21-/m1/s1. The van der Waals surface area contributed by atoms with Gasteiger partial charge in [0.15, 0.2) is 9.84 Å². The number of sulfone groups is 1. The summed E-state index contributed by atoms with van der Waals surface area (Å²) in [5.74, 6) is 0.0171. The van der Waals surface area contributed by atoms with Gasteiger partial charge in [-0.25, -0.2) is 8.42 Å². The number of oxime groups is 1. The minimum absolute atomic E-state index is 0.000453. The smallest absolute Gasteiger partial charge is 0.222 e. The summed E-state index contributed by atoms with van der Waals surface area (Å²) in [5.41, 5.74) is 3.83. The van der Waals surface area contributed by atoms with Crippen molar-refractivity contribution in [3.8, 4) is 0 Å². The lowest BCUT2D eigenvalue weighted by molar-refractivity contribution is -0.132. The number of likely N-dealkylation sites (tertiary alicyclic amines) is 1. The fourth-order valence-corrected chi connectivity index (χ4v) is 4.75. The van der Waals surface area contributed by atoms with E-state index in [2.05, 4.69) is 11.2 Å². The molecule has 1 fully saturated rings. The van der Waals surface area contributed by atoms with Gasteiger partial charge in [-0.2, -0.15) is 0 Å². The van der Waals surface area contributed by atoms with E-state index >= 15 is 0 Å². The van der Waals surface area contributed by atoms with Crippen LogP contribution in [0, 0.1) is 12.8 Å². The highest BCUT2D eigenvalue weighted by Gasteiger charge is 2.30. The van der Waals surface area contributed by atoms with Gasteiger partial charge in [-0.1, -0.05) is 41.6 Å². The Morgan fingerprint density at radius 1 is 1.20 bits per heavy atom.